The van der Waals surface area contributed by atoms with Gasteiger partial charge in [0.15, 0.2) is 0 Å². The Morgan fingerprint density at radius 3 is 2.62 bits per heavy atom. The number of epoxide rings is 2. The van der Waals surface area contributed by atoms with E-state index in [1.807, 2.05) is 0 Å². The van der Waals surface area contributed by atoms with Crippen LogP contribution in [0.1, 0.15) is 52.4 Å². The standard InChI is InChI=1S/C19H32O6S/c1-5-6-7-8-9-10-15-18(2,24-15)17-16(22-3)14(25-26(4,20)21)11-12-19(17)13-23-19/h8-9,14-17H,5-7,10-13H2,1-4H3/b9-8+/t14-,15-,16-,17-,18+,19+/m1/s1. The molecule has 150 valence electrons. The maximum absolute atomic E-state index is 11.7. The molecule has 3 fully saturated rings. The zero-order valence-electron chi connectivity index (χ0n) is 16.3. The predicted molar refractivity (Wildman–Crippen MR) is 98.5 cm³/mol. The van der Waals surface area contributed by atoms with E-state index in [1.54, 1.807) is 7.11 Å². The van der Waals surface area contributed by atoms with E-state index in [9.17, 15) is 8.42 Å². The van der Waals surface area contributed by atoms with E-state index in [1.165, 1.54) is 12.8 Å². The van der Waals surface area contributed by atoms with Crippen molar-refractivity contribution in [2.75, 3.05) is 20.0 Å². The Bertz CT molecular complexity index is 626. The van der Waals surface area contributed by atoms with Crippen LogP contribution in [0.15, 0.2) is 12.2 Å². The second kappa shape index (κ2) is 7.51. The summed E-state index contributed by atoms with van der Waals surface area (Å²) in [5, 5.41) is 0. The van der Waals surface area contributed by atoms with Gasteiger partial charge in [0.25, 0.3) is 10.1 Å². The van der Waals surface area contributed by atoms with Crippen LogP contribution in [0.4, 0.5) is 0 Å². The second-order valence-electron chi connectivity index (χ2n) is 8.05. The van der Waals surface area contributed by atoms with Gasteiger partial charge >= 0.3 is 0 Å². The summed E-state index contributed by atoms with van der Waals surface area (Å²) in [5.41, 5.74) is -0.626. The predicted octanol–water partition coefficient (Wildman–Crippen LogP) is 2.82. The summed E-state index contributed by atoms with van der Waals surface area (Å²) in [6, 6.07) is 0. The minimum absolute atomic E-state index is 0.0328. The molecule has 0 unspecified atom stereocenters. The zero-order chi connectivity index (χ0) is 19.0. The highest BCUT2D eigenvalue weighted by Gasteiger charge is 2.72. The fourth-order valence-corrected chi connectivity index (χ4v) is 5.24. The summed E-state index contributed by atoms with van der Waals surface area (Å²) in [5.74, 6) is -0.0328. The van der Waals surface area contributed by atoms with Gasteiger partial charge in [0, 0.05) is 7.11 Å². The Hall–Kier alpha value is -0.470. The van der Waals surface area contributed by atoms with Gasteiger partial charge < -0.3 is 14.2 Å². The maximum Gasteiger partial charge on any atom is 0.264 e. The fourth-order valence-electron chi connectivity index (χ4n) is 4.59. The van der Waals surface area contributed by atoms with Gasteiger partial charge in [0.05, 0.1) is 36.6 Å². The van der Waals surface area contributed by atoms with Crippen molar-refractivity contribution in [3.05, 3.63) is 12.2 Å². The van der Waals surface area contributed by atoms with E-state index >= 15 is 0 Å². The topological polar surface area (TPSA) is 77.7 Å². The molecule has 6 nitrogen and oxygen atoms in total. The number of hydrogen-bond acceptors (Lipinski definition) is 6. The van der Waals surface area contributed by atoms with Gasteiger partial charge in [-0.05, 0) is 32.6 Å². The second-order valence-corrected chi connectivity index (χ2v) is 9.65. The van der Waals surface area contributed by atoms with Crippen LogP contribution in [0.5, 0.6) is 0 Å². The Morgan fingerprint density at radius 1 is 1.31 bits per heavy atom. The molecule has 0 bridgehead atoms. The van der Waals surface area contributed by atoms with Crippen LogP contribution in [0.25, 0.3) is 0 Å². The van der Waals surface area contributed by atoms with Crippen LogP contribution in [-0.4, -0.2) is 57.9 Å². The molecule has 2 heterocycles. The van der Waals surface area contributed by atoms with Crippen molar-refractivity contribution in [3.63, 3.8) is 0 Å². The minimum atomic E-state index is -3.54. The Morgan fingerprint density at radius 2 is 2.04 bits per heavy atom. The number of allylic oxidation sites excluding steroid dienone is 1. The van der Waals surface area contributed by atoms with E-state index in [-0.39, 0.29) is 29.3 Å². The maximum atomic E-state index is 11.7. The quantitative estimate of drug-likeness (QED) is 0.262. The zero-order valence-corrected chi connectivity index (χ0v) is 17.1. The monoisotopic (exact) mass is 388 g/mol. The van der Waals surface area contributed by atoms with Gasteiger partial charge in [-0.1, -0.05) is 31.9 Å². The first-order valence-electron chi connectivity index (χ1n) is 9.63. The largest absolute Gasteiger partial charge is 0.378 e. The molecule has 0 aromatic heterocycles. The van der Waals surface area contributed by atoms with Gasteiger partial charge in [0.1, 0.15) is 11.7 Å². The number of ether oxygens (including phenoxy) is 3. The highest BCUT2D eigenvalue weighted by Crippen LogP contribution is 2.59. The van der Waals surface area contributed by atoms with Gasteiger partial charge in [-0.25, -0.2) is 0 Å². The highest BCUT2D eigenvalue weighted by atomic mass is 32.2. The number of unbranched alkanes of at least 4 members (excludes halogenated alkanes) is 2. The molecule has 1 aliphatic carbocycles. The molecule has 0 N–H and O–H groups in total. The smallest absolute Gasteiger partial charge is 0.264 e. The SMILES string of the molecule is CCCC/C=C/C[C@H]1O[C@]1(C)[C@H]1[C@H](OC)[C@H](OS(C)(=O)=O)CC[C@]12CO2. The van der Waals surface area contributed by atoms with Crippen LogP contribution >= 0.6 is 0 Å². The number of methoxy groups -OCH3 is 1. The van der Waals surface area contributed by atoms with Gasteiger partial charge in [-0.3, -0.25) is 4.18 Å². The van der Waals surface area contributed by atoms with Crippen LogP contribution in [0.3, 0.4) is 0 Å². The molecule has 3 rings (SSSR count). The average molecular weight is 389 g/mol. The third-order valence-electron chi connectivity index (χ3n) is 6.04. The van der Waals surface area contributed by atoms with Crippen molar-refractivity contribution in [1.82, 2.24) is 0 Å². The lowest BCUT2D eigenvalue weighted by Crippen LogP contribution is -2.55. The molecule has 2 saturated heterocycles. The highest BCUT2D eigenvalue weighted by molar-refractivity contribution is 7.86. The molecule has 0 aromatic rings. The first-order valence-corrected chi connectivity index (χ1v) is 11.5. The van der Waals surface area contributed by atoms with Crippen molar-refractivity contribution in [2.45, 2.75) is 81.9 Å². The van der Waals surface area contributed by atoms with Crippen LogP contribution in [-0.2, 0) is 28.5 Å². The Labute approximate surface area is 157 Å². The van der Waals surface area contributed by atoms with Crippen molar-refractivity contribution < 1.29 is 26.8 Å². The molecule has 0 amide bonds. The van der Waals surface area contributed by atoms with E-state index in [2.05, 4.69) is 26.0 Å². The van der Waals surface area contributed by atoms with Crippen molar-refractivity contribution in [2.24, 2.45) is 5.92 Å². The summed E-state index contributed by atoms with van der Waals surface area (Å²) >= 11 is 0. The molecule has 7 heteroatoms. The molecule has 3 aliphatic rings. The lowest BCUT2D eigenvalue weighted by Gasteiger charge is -2.42. The minimum Gasteiger partial charge on any atom is -0.378 e. The summed E-state index contributed by atoms with van der Waals surface area (Å²) in [6.45, 7) is 4.97. The van der Waals surface area contributed by atoms with E-state index in [4.69, 9.17) is 18.4 Å². The summed E-state index contributed by atoms with van der Waals surface area (Å²) in [6.07, 6.45) is 10.5. The molecule has 6 atom stereocenters. The summed E-state index contributed by atoms with van der Waals surface area (Å²) < 4.78 is 46.4. The van der Waals surface area contributed by atoms with Crippen LogP contribution in [0, 0.1) is 5.92 Å². The molecule has 2 aliphatic heterocycles. The number of rotatable bonds is 9. The van der Waals surface area contributed by atoms with Gasteiger partial charge in [-0.15, -0.1) is 0 Å². The van der Waals surface area contributed by atoms with Crippen molar-refractivity contribution in [3.8, 4) is 0 Å². The molecule has 26 heavy (non-hydrogen) atoms. The van der Waals surface area contributed by atoms with Gasteiger partial charge in [-0.2, -0.15) is 8.42 Å². The first kappa shape index (κ1) is 20.3. The third kappa shape index (κ3) is 4.17. The third-order valence-corrected chi connectivity index (χ3v) is 6.63. The normalized spacial score (nSPS) is 42.5. The van der Waals surface area contributed by atoms with E-state index in [0.717, 1.165) is 25.5 Å². The molecular formula is C19H32O6S. The van der Waals surface area contributed by atoms with Crippen molar-refractivity contribution in [1.29, 1.82) is 0 Å². The summed E-state index contributed by atoms with van der Waals surface area (Å²) in [4.78, 5) is 0. The molecule has 0 aromatic carbocycles. The lowest BCUT2D eigenvalue weighted by molar-refractivity contribution is -0.105. The summed E-state index contributed by atoms with van der Waals surface area (Å²) in [7, 11) is -1.93. The molecule has 0 radical (unpaired) electrons. The molecule has 1 saturated carbocycles. The lowest BCUT2D eigenvalue weighted by atomic mass is 9.68. The average Bonchev–Trinajstić information content (AvgIpc) is 3.46. The Balaban J connectivity index is 1.70. The Kier molecular flexibility index (Phi) is 5.85. The van der Waals surface area contributed by atoms with E-state index in [0.29, 0.717) is 13.0 Å². The van der Waals surface area contributed by atoms with E-state index < -0.39 is 16.2 Å². The van der Waals surface area contributed by atoms with Crippen LogP contribution < -0.4 is 0 Å². The molecular weight excluding hydrogens is 356 g/mol. The molecule has 1 spiro atoms. The first-order chi connectivity index (χ1) is 12.3. The number of hydrogen-bond donors (Lipinski definition) is 0. The van der Waals surface area contributed by atoms with Crippen molar-refractivity contribution >= 4 is 10.1 Å². The fraction of sp³-hybridized carbons (Fsp3) is 0.895. The van der Waals surface area contributed by atoms with Crippen LogP contribution in [0.2, 0.25) is 0 Å². The van der Waals surface area contributed by atoms with Gasteiger partial charge in [0.2, 0.25) is 0 Å².